The first kappa shape index (κ1) is 14.3. The minimum absolute atomic E-state index is 0.686. The molecule has 5 nitrogen and oxygen atoms in total. The van der Waals surface area contributed by atoms with Crippen molar-refractivity contribution in [2.45, 2.75) is 19.3 Å². The lowest BCUT2D eigenvalue weighted by Gasteiger charge is -2.11. The number of rotatable bonds is 9. The van der Waals surface area contributed by atoms with E-state index in [1.165, 1.54) is 12.8 Å². The van der Waals surface area contributed by atoms with Gasteiger partial charge in [-0.3, -0.25) is 4.99 Å². The molecule has 0 atom stereocenters. The molecular weight excluding hydrogens is 218 g/mol. The van der Waals surface area contributed by atoms with Crippen LogP contribution >= 0.6 is 0 Å². The van der Waals surface area contributed by atoms with E-state index >= 15 is 0 Å². The number of guanidine groups is 1. The molecule has 0 aromatic heterocycles. The lowest BCUT2D eigenvalue weighted by molar-refractivity contribution is 0.123. The predicted molar refractivity (Wildman–Crippen MR) is 69.4 cm³/mol. The summed E-state index contributed by atoms with van der Waals surface area (Å²) in [5.41, 5.74) is 0. The Kier molecular flexibility index (Phi) is 7.75. The fourth-order valence-corrected chi connectivity index (χ4v) is 1.41. The molecule has 1 aliphatic carbocycles. The van der Waals surface area contributed by atoms with E-state index in [1.807, 2.05) is 0 Å². The molecule has 1 saturated carbocycles. The highest BCUT2D eigenvalue weighted by molar-refractivity contribution is 5.79. The molecule has 5 heteroatoms. The lowest BCUT2D eigenvalue weighted by atomic mass is 10.4. The van der Waals surface area contributed by atoms with Crippen LogP contribution in [0.1, 0.15) is 19.3 Å². The van der Waals surface area contributed by atoms with E-state index < -0.39 is 0 Å². The molecule has 0 saturated heterocycles. The summed E-state index contributed by atoms with van der Waals surface area (Å²) in [5.74, 6) is 1.68. The van der Waals surface area contributed by atoms with Crippen LogP contribution in [0.2, 0.25) is 0 Å². The summed E-state index contributed by atoms with van der Waals surface area (Å²) in [6.45, 7) is 4.12. The third-order valence-corrected chi connectivity index (χ3v) is 2.63. The number of hydrogen-bond acceptors (Lipinski definition) is 3. The standard InChI is InChI=1S/C12H25N3O2/c1-13-12(15-7-9-16-2)14-6-3-8-17-10-11-4-5-11/h11H,3-10H2,1-2H3,(H2,13,14,15). The molecule has 17 heavy (non-hydrogen) atoms. The van der Waals surface area contributed by atoms with Gasteiger partial charge in [0, 0.05) is 40.5 Å². The normalized spacial score (nSPS) is 16.0. The number of aliphatic imine (C=N–C) groups is 1. The van der Waals surface area contributed by atoms with Crippen molar-refractivity contribution in [2.75, 3.05) is 47.1 Å². The van der Waals surface area contributed by atoms with Gasteiger partial charge < -0.3 is 20.1 Å². The van der Waals surface area contributed by atoms with Gasteiger partial charge in [-0.2, -0.15) is 0 Å². The highest BCUT2D eigenvalue weighted by Gasteiger charge is 2.20. The Balaban J connectivity index is 1.87. The summed E-state index contributed by atoms with van der Waals surface area (Å²) in [7, 11) is 3.46. The topological polar surface area (TPSA) is 54.9 Å². The monoisotopic (exact) mass is 243 g/mol. The van der Waals surface area contributed by atoms with Crippen LogP contribution in [-0.4, -0.2) is 53.0 Å². The van der Waals surface area contributed by atoms with Crippen LogP contribution in [0.4, 0.5) is 0 Å². The quantitative estimate of drug-likeness (QED) is 0.354. The van der Waals surface area contributed by atoms with Crippen molar-refractivity contribution in [3.05, 3.63) is 0 Å². The van der Waals surface area contributed by atoms with Crippen molar-refractivity contribution >= 4 is 5.96 Å². The number of ether oxygens (including phenoxy) is 2. The van der Waals surface area contributed by atoms with Crippen LogP contribution in [0.25, 0.3) is 0 Å². The highest BCUT2D eigenvalue weighted by atomic mass is 16.5. The van der Waals surface area contributed by atoms with E-state index in [4.69, 9.17) is 9.47 Å². The molecule has 0 unspecified atom stereocenters. The van der Waals surface area contributed by atoms with Gasteiger partial charge in [0.05, 0.1) is 6.61 Å². The van der Waals surface area contributed by atoms with Crippen LogP contribution < -0.4 is 10.6 Å². The van der Waals surface area contributed by atoms with Crippen molar-refractivity contribution < 1.29 is 9.47 Å². The molecule has 0 spiro atoms. The first-order valence-electron chi connectivity index (χ1n) is 6.38. The molecule has 0 amide bonds. The van der Waals surface area contributed by atoms with Crippen molar-refractivity contribution in [2.24, 2.45) is 10.9 Å². The van der Waals surface area contributed by atoms with Crippen LogP contribution in [0.3, 0.4) is 0 Å². The van der Waals surface area contributed by atoms with E-state index in [9.17, 15) is 0 Å². The Morgan fingerprint density at radius 3 is 2.65 bits per heavy atom. The third kappa shape index (κ3) is 7.99. The maximum Gasteiger partial charge on any atom is 0.191 e. The largest absolute Gasteiger partial charge is 0.383 e. The Labute approximate surface area is 104 Å². The molecule has 1 rings (SSSR count). The second-order valence-corrected chi connectivity index (χ2v) is 4.29. The van der Waals surface area contributed by atoms with E-state index in [0.717, 1.165) is 44.6 Å². The first-order chi connectivity index (χ1) is 8.36. The van der Waals surface area contributed by atoms with Gasteiger partial charge in [-0.05, 0) is 25.2 Å². The summed E-state index contributed by atoms with van der Waals surface area (Å²) in [5, 5.41) is 6.40. The molecule has 0 bridgehead atoms. The van der Waals surface area contributed by atoms with Crippen LogP contribution in [0.15, 0.2) is 4.99 Å². The fraction of sp³-hybridized carbons (Fsp3) is 0.917. The molecule has 1 aliphatic rings. The first-order valence-corrected chi connectivity index (χ1v) is 6.38. The summed E-state index contributed by atoms with van der Waals surface area (Å²) in [6.07, 6.45) is 3.72. The Morgan fingerprint density at radius 1 is 1.24 bits per heavy atom. The van der Waals surface area contributed by atoms with Crippen molar-refractivity contribution in [3.8, 4) is 0 Å². The molecule has 0 aliphatic heterocycles. The van der Waals surface area contributed by atoms with E-state index in [-0.39, 0.29) is 0 Å². The van der Waals surface area contributed by atoms with E-state index in [2.05, 4.69) is 15.6 Å². The summed E-state index contributed by atoms with van der Waals surface area (Å²) in [4.78, 5) is 4.11. The summed E-state index contributed by atoms with van der Waals surface area (Å²) >= 11 is 0. The van der Waals surface area contributed by atoms with Crippen LogP contribution in [0, 0.1) is 5.92 Å². The van der Waals surface area contributed by atoms with Gasteiger partial charge in [0.2, 0.25) is 0 Å². The Hall–Kier alpha value is -0.810. The van der Waals surface area contributed by atoms with E-state index in [1.54, 1.807) is 14.2 Å². The fourth-order valence-electron chi connectivity index (χ4n) is 1.41. The molecule has 2 N–H and O–H groups in total. The maximum absolute atomic E-state index is 5.55. The molecule has 0 aromatic rings. The zero-order chi connectivity index (χ0) is 12.3. The van der Waals surface area contributed by atoms with Crippen molar-refractivity contribution in [1.82, 2.24) is 10.6 Å². The van der Waals surface area contributed by atoms with Crippen molar-refractivity contribution in [3.63, 3.8) is 0 Å². The summed E-state index contributed by atoms with van der Waals surface area (Å²) in [6, 6.07) is 0. The van der Waals surface area contributed by atoms with E-state index in [0.29, 0.717) is 6.61 Å². The number of methoxy groups -OCH3 is 1. The minimum Gasteiger partial charge on any atom is -0.383 e. The zero-order valence-electron chi connectivity index (χ0n) is 11.0. The molecule has 100 valence electrons. The smallest absolute Gasteiger partial charge is 0.191 e. The number of nitrogens with one attached hydrogen (secondary N) is 2. The average molecular weight is 243 g/mol. The van der Waals surface area contributed by atoms with Crippen molar-refractivity contribution in [1.29, 1.82) is 0 Å². The minimum atomic E-state index is 0.686. The third-order valence-electron chi connectivity index (χ3n) is 2.63. The Morgan fingerprint density at radius 2 is 2.00 bits per heavy atom. The molecule has 0 aromatic carbocycles. The molecule has 0 radical (unpaired) electrons. The molecule has 1 fully saturated rings. The average Bonchev–Trinajstić information content (AvgIpc) is 3.15. The van der Waals surface area contributed by atoms with Gasteiger partial charge in [-0.25, -0.2) is 0 Å². The predicted octanol–water partition coefficient (Wildman–Crippen LogP) is 0.614. The van der Waals surface area contributed by atoms with Gasteiger partial charge in [-0.15, -0.1) is 0 Å². The van der Waals surface area contributed by atoms with Gasteiger partial charge in [-0.1, -0.05) is 0 Å². The molecular formula is C12H25N3O2. The maximum atomic E-state index is 5.55. The van der Waals surface area contributed by atoms with Gasteiger partial charge in [0.1, 0.15) is 0 Å². The van der Waals surface area contributed by atoms with Gasteiger partial charge >= 0.3 is 0 Å². The number of hydrogen-bond donors (Lipinski definition) is 2. The zero-order valence-corrected chi connectivity index (χ0v) is 11.0. The van der Waals surface area contributed by atoms with Gasteiger partial charge in [0.15, 0.2) is 5.96 Å². The Bertz CT molecular complexity index is 218. The highest BCUT2D eigenvalue weighted by Crippen LogP contribution is 2.28. The SMILES string of the molecule is CN=C(NCCCOCC1CC1)NCCOC. The van der Waals surface area contributed by atoms with Crippen LogP contribution in [-0.2, 0) is 9.47 Å². The summed E-state index contributed by atoms with van der Waals surface area (Å²) < 4.78 is 10.5. The molecule has 0 heterocycles. The lowest BCUT2D eigenvalue weighted by Crippen LogP contribution is -2.39. The second kappa shape index (κ2) is 9.24. The van der Waals surface area contributed by atoms with Crippen LogP contribution in [0.5, 0.6) is 0 Å². The number of nitrogens with zero attached hydrogens (tertiary/aromatic N) is 1. The second-order valence-electron chi connectivity index (χ2n) is 4.29. The van der Waals surface area contributed by atoms with Gasteiger partial charge in [0.25, 0.3) is 0 Å².